The van der Waals surface area contributed by atoms with Crippen LogP contribution in [0.1, 0.15) is 19.3 Å². The summed E-state index contributed by atoms with van der Waals surface area (Å²) in [5, 5.41) is 1.23. The molecule has 1 aromatic heterocycles. The van der Waals surface area contributed by atoms with Gasteiger partial charge >= 0.3 is 0 Å². The Bertz CT molecular complexity index is 879. The largest absolute Gasteiger partial charge is 0.378 e. The van der Waals surface area contributed by atoms with Gasteiger partial charge in [-0.25, -0.2) is 4.98 Å². The molecule has 0 atom stereocenters. The second kappa shape index (κ2) is 6.75. The van der Waals surface area contributed by atoms with Crippen molar-refractivity contribution in [2.45, 2.75) is 19.3 Å². The van der Waals surface area contributed by atoms with Gasteiger partial charge in [0.1, 0.15) is 0 Å². The number of benzene rings is 2. The molecule has 0 unspecified atom stereocenters. The highest BCUT2D eigenvalue weighted by Gasteiger charge is 2.16. The topological polar surface area (TPSA) is 19.4 Å². The van der Waals surface area contributed by atoms with Crippen LogP contribution in [-0.4, -0.2) is 25.6 Å². The number of anilines is 2. The zero-order chi connectivity index (χ0) is 17.2. The molecule has 3 nitrogen and oxygen atoms in total. The fraction of sp³-hybridized carbons (Fsp3) is 0.273. The van der Waals surface area contributed by atoms with E-state index in [1.54, 1.807) is 0 Å². The van der Waals surface area contributed by atoms with Gasteiger partial charge < -0.3 is 9.80 Å². The predicted octanol–water partition coefficient (Wildman–Crippen LogP) is 5.12. The highest BCUT2D eigenvalue weighted by Crippen LogP contribution is 2.34. The van der Waals surface area contributed by atoms with Crippen LogP contribution in [0.15, 0.2) is 54.6 Å². The van der Waals surface area contributed by atoms with Gasteiger partial charge in [0.2, 0.25) is 0 Å². The molecule has 0 aliphatic carbocycles. The van der Waals surface area contributed by atoms with Crippen molar-refractivity contribution in [1.29, 1.82) is 0 Å². The van der Waals surface area contributed by atoms with Gasteiger partial charge in [0.25, 0.3) is 0 Å². The van der Waals surface area contributed by atoms with Crippen LogP contribution in [0.3, 0.4) is 0 Å². The summed E-state index contributed by atoms with van der Waals surface area (Å²) in [5.41, 5.74) is 5.73. The van der Waals surface area contributed by atoms with Crippen molar-refractivity contribution < 1.29 is 0 Å². The van der Waals surface area contributed by atoms with E-state index < -0.39 is 0 Å². The quantitative estimate of drug-likeness (QED) is 0.664. The minimum atomic E-state index is 1.04. The normalized spacial score (nSPS) is 14.7. The molecular formula is C22H24N3. The first-order valence-corrected chi connectivity index (χ1v) is 9.00. The number of hydrogen-bond acceptors (Lipinski definition) is 3. The number of fused-ring (bicyclic) bond motifs is 1. The summed E-state index contributed by atoms with van der Waals surface area (Å²) in [6, 6.07) is 19.3. The third-order valence-electron chi connectivity index (χ3n) is 4.86. The molecule has 1 saturated heterocycles. The molecule has 3 heteroatoms. The average molecular weight is 330 g/mol. The van der Waals surface area contributed by atoms with Crippen LogP contribution in [0, 0.1) is 6.54 Å². The first-order valence-electron chi connectivity index (χ1n) is 9.00. The van der Waals surface area contributed by atoms with E-state index in [1.807, 2.05) is 0 Å². The van der Waals surface area contributed by atoms with Crippen LogP contribution in [0.25, 0.3) is 22.2 Å². The number of para-hydroxylation sites is 1. The van der Waals surface area contributed by atoms with Crippen molar-refractivity contribution in [3.05, 3.63) is 61.1 Å². The molecule has 127 valence electrons. The summed E-state index contributed by atoms with van der Waals surface area (Å²) in [5.74, 6) is 0. The van der Waals surface area contributed by atoms with Crippen LogP contribution in [-0.2, 0) is 0 Å². The highest BCUT2D eigenvalue weighted by molar-refractivity contribution is 5.94. The SMILES string of the molecule is CN(C)c1cccc(-c2cc(N3[CH]CCCC3)c3ccccc3n2)c1. The molecular weight excluding hydrogens is 306 g/mol. The molecule has 0 amide bonds. The highest BCUT2D eigenvalue weighted by atomic mass is 15.1. The molecule has 0 bridgehead atoms. The van der Waals surface area contributed by atoms with Gasteiger partial charge in [0.15, 0.2) is 0 Å². The van der Waals surface area contributed by atoms with E-state index >= 15 is 0 Å². The Kier molecular flexibility index (Phi) is 4.31. The maximum Gasteiger partial charge on any atom is 0.0731 e. The van der Waals surface area contributed by atoms with Crippen molar-refractivity contribution in [3.8, 4) is 11.3 Å². The lowest BCUT2D eigenvalue weighted by Gasteiger charge is -2.29. The second-order valence-electron chi connectivity index (χ2n) is 6.86. The van der Waals surface area contributed by atoms with Gasteiger partial charge in [-0.15, -0.1) is 0 Å². The molecule has 0 saturated carbocycles. The van der Waals surface area contributed by atoms with E-state index in [-0.39, 0.29) is 0 Å². The van der Waals surface area contributed by atoms with Crippen LogP contribution >= 0.6 is 0 Å². The first kappa shape index (κ1) is 15.9. The summed E-state index contributed by atoms with van der Waals surface area (Å²) in [6.07, 6.45) is 3.69. The predicted molar refractivity (Wildman–Crippen MR) is 107 cm³/mol. The van der Waals surface area contributed by atoms with Gasteiger partial charge in [0, 0.05) is 49.5 Å². The van der Waals surface area contributed by atoms with Crippen molar-refractivity contribution >= 4 is 22.3 Å². The summed E-state index contributed by atoms with van der Waals surface area (Å²) in [4.78, 5) is 9.48. The smallest absolute Gasteiger partial charge is 0.0731 e. The Hall–Kier alpha value is -2.55. The molecule has 0 N–H and O–H groups in total. The molecule has 1 fully saturated rings. The van der Waals surface area contributed by atoms with Crippen LogP contribution in [0.5, 0.6) is 0 Å². The summed E-state index contributed by atoms with van der Waals surface area (Å²) < 4.78 is 0. The van der Waals surface area contributed by atoms with E-state index in [9.17, 15) is 0 Å². The maximum atomic E-state index is 4.94. The van der Waals surface area contributed by atoms with Crippen molar-refractivity contribution in [2.24, 2.45) is 0 Å². The minimum absolute atomic E-state index is 1.04. The molecule has 1 aliphatic heterocycles. The van der Waals surface area contributed by atoms with Gasteiger partial charge in [-0.2, -0.15) is 0 Å². The number of hydrogen-bond donors (Lipinski definition) is 0. The van der Waals surface area contributed by atoms with Gasteiger partial charge in [0.05, 0.1) is 11.2 Å². The van der Waals surface area contributed by atoms with Crippen molar-refractivity contribution in [3.63, 3.8) is 0 Å². The summed E-state index contributed by atoms with van der Waals surface area (Å²) in [7, 11) is 4.14. The fourth-order valence-corrected chi connectivity index (χ4v) is 3.47. The maximum absolute atomic E-state index is 4.94. The molecule has 1 aliphatic rings. The molecule has 2 heterocycles. The number of rotatable bonds is 3. The molecule has 3 aromatic rings. The monoisotopic (exact) mass is 330 g/mol. The molecule has 0 spiro atoms. The molecule has 2 aromatic carbocycles. The van der Waals surface area contributed by atoms with Gasteiger partial charge in [-0.05, 0) is 43.5 Å². The zero-order valence-corrected chi connectivity index (χ0v) is 14.9. The lowest BCUT2D eigenvalue weighted by Crippen LogP contribution is -2.25. The van der Waals surface area contributed by atoms with Crippen LogP contribution in [0.4, 0.5) is 11.4 Å². The second-order valence-corrected chi connectivity index (χ2v) is 6.86. The number of piperidine rings is 1. The third kappa shape index (κ3) is 3.19. The van der Waals surface area contributed by atoms with E-state index in [2.05, 4.69) is 85.0 Å². The number of pyridine rings is 1. The van der Waals surface area contributed by atoms with E-state index in [0.29, 0.717) is 0 Å². The van der Waals surface area contributed by atoms with Crippen LogP contribution < -0.4 is 9.80 Å². The Morgan fingerprint density at radius 3 is 2.64 bits per heavy atom. The molecule has 25 heavy (non-hydrogen) atoms. The number of nitrogens with zero attached hydrogens (tertiary/aromatic N) is 3. The van der Waals surface area contributed by atoms with E-state index in [0.717, 1.165) is 29.7 Å². The molecule has 1 radical (unpaired) electrons. The Balaban J connectivity index is 1.86. The van der Waals surface area contributed by atoms with Crippen molar-refractivity contribution in [1.82, 2.24) is 4.98 Å². The molecule has 4 rings (SSSR count). The fourth-order valence-electron chi connectivity index (χ4n) is 3.47. The van der Waals surface area contributed by atoms with Gasteiger partial charge in [-0.3, -0.25) is 0 Å². The number of aromatic nitrogens is 1. The van der Waals surface area contributed by atoms with Gasteiger partial charge in [-0.1, -0.05) is 30.3 Å². The average Bonchev–Trinajstić information content (AvgIpc) is 2.68. The van der Waals surface area contributed by atoms with E-state index in [1.165, 1.54) is 29.6 Å². The summed E-state index contributed by atoms with van der Waals surface area (Å²) in [6.45, 7) is 3.43. The zero-order valence-electron chi connectivity index (χ0n) is 14.9. The third-order valence-corrected chi connectivity index (χ3v) is 4.86. The Morgan fingerprint density at radius 2 is 1.84 bits per heavy atom. The van der Waals surface area contributed by atoms with Crippen LogP contribution in [0.2, 0.25) is 0 Å². The lowest BCUT2D eigenvalue weighted by molar-refractivity contribution is 0.634. The Morgan fingerprint density at radius 1 is 0.960 bits per heavy atom. The Labute approximate surface area is 149 Å². The standard InChI is InChI=1S/C22H24N3/c1-24(2)18-10-8-9-17(15-18)21-16-22(25-13-6-3-7-14-25)19-11-4-5-12-20(19)23-21/h4-5,8-13,15-16H,3,6-7,14H2,1-2H3. The minimum Gasteiger partial charge on any atom is -0.378 e. The summed E-state index contributed by atoms with van der Waals surface area (Å²) >= 11 is 0. The first-order chi connectivity index (χ1) is 12.2. The van der Waals surface area contributed by atoms with Crippen molar-refractivity contribution in [2.75, 3.05) is 30.4 Å². The lowest BCUT2D eigenvalue weighted by atomic mass is 10.0. The van der Waals surface area contributed by atoms with E-state index in [4.69, 9.17) is 4.98 Å².